The second-order valence-electron chi connectivity index (χ2n) is 4.42. The first kappa shape index (κ1) is 10.8. The molecule has 1 aromatic carbocycles. The van der Waals surface area contributed by atoms with Gasteiger partial charge in [-0.2, -0.15) is 0 Å². The second kappa shape index (κ2) is 4.03. The van der Waals surface area contributed by atoms with E-state index in [1.165, 1.54) is 11.3 Å². The van der Waals surface area contributed by atoms with Gasteiger partial charge in [0, 0.05) is 29.8 Å². The molecule has 0 aromatic heterocycles. The van der Waals surface area contributed by atoms with E-state index in [1.807, 2.05) is 12.1 Å². The van der Waals surface area contributed by atoms with Gasteiger partial charge < -0.3 is 10.6 Å². The first-order chi connectivity index (χ1) is 7.09. The van der Waals surface area contributed by atoms with Crippen molar-refractivity contribution >= 4 is 17.3 Å². The van der Waals surface area contributed by atoms with E-state index in [1.54, 1.807) is 0 Å². The minimum Gasteiger partial charge on any atom is -0.371 e. The van der Waals surface area contributed by atoms with Crippen molar-refractivity contribution in [2.75, 3.05) is 11.9 Å². The molecule has 2 nitrogen and oxygen atoms in total. The van der Waals surface area contributed by atoms with Gasteiger partial charge in [-0.05, 0) is 37.5 Å². The highest BCUT2D eigenvalue weighted by Gasteiger charge is 2.28. The zero-order chi connectivity index (χ0) is 11.0. The smallest absolute Gasteiger partial charge is 0.0459 e. The topological polar surface area (TPSA) is 29.3 Å². The summed E-state index contributed by atoms with van der Waals surface area (Å²) in [5.74, 6) is 0. The number of likely N-dealkylation sites (N-methyl/N-ethyl adjacent to an activating group) is 1. The number of fused-ring (bicyclic) bond motifs is 1. The van der Waals surface area contributed by atoms with Crippen LogP contribution in [0.15, 0.2) is 18.2 Å². The van der Waals surface area contributed by atoms with E-state index < -0.39 is 0 Å². The maximum Gasteiger partial charge on any atom is 0.0459 e. The molecule has 3 heteroatoms. The van der Waals surface area contributed by atoms with Crippen LogP contribution in [0.4, 0.5) is 5.69 Å². The molecule has 0 saturated carbocycles. The predicted molar refractivity (Wildman–Crippen MR) is 65.6 cm³/mol. The third-order valence-electron chi connectivity index (χ3n) is 3.11. The van der Waals surface area contributed by atoms with E-state index in [2.05, 4.69) is 24.9 Å². The number of halogens is 1. The molecule has 15 heavy (non-hydrogen) atoms. The third kappa shape index (κ3) is 1.97. The highest BCUT2D eigenvalue weighted by atomic mass is 35.5. The quantitative estimate of drug-likeness (QED) is 0.836. The SMILES string of the molecule is CC(N)CC1Cc2c(Cl)cccc2N1C. The lowest BCUT2D eigenvalue weighted by molar-refractivity contribution is 0.544. The van der Waals surface area contributed by atoms with Crippen LogP contribution >= 0.6 is 11.6 Å². The van der Waals surface area contributed by atoms with Crippen molar-refractivity contribution < 1.29 is 0 Å². The first-order valence-corrected chi connectivity index (χ1v) is 5.73. The van der Waals surface area contributed by atoms with Crippen LogP contribution in [-0.2, 0) is 6.42 Å². The molecule has 0 fully saturated rings. The summed E-state index contributed by atoms with van der Waals surface area (Å²) in [4.78, 5) is 2.30. The van der Waals surface area contributed by atoms with Gasteiger partial charge in [-0.15, -0.1) is 0 Å². The van der Waals surface area contributed by atoms with Gasteiger partial charge in [-0.25, -0.2) is 0 Å². The lowest BCUT2D eigenvalue weighted by Gasteiger charge is -2.23. The van der Waals surface area contributed by atoms with Gasteiger partial charge >= 0.3 is 0 Å². The number of rotatable bonds is 2. The molecule has 2 rings (SSSR count). The molecule has 1 aliphatic heterocycles. The van der Waals surface area contributed by atoms with Crippen LogP contribution in [0.3, 0.4) is 0 Å². The normalized spacial score (nSPS) is 21.6. The van der Waals surface area contributed by atoms with Crippen LogP contribution < -0.4 is 10.6 Å². The summed E-state index contributed by atoms with van der Waals surface area (Å²) in [6, 6.07) is 6.84. The molecule has 0 aliphatic carbocycles. The molecule has 1 heterocycles. The molecule has 0 radical (unpaired) electrons. The minimum absolute atomic E-state index is 0.241. The van der Waals surface area contributed by atoms with Crippen molar-refractivity contribution in [1.82, 2.24) is 0 Å². The average molecular weight is 225 g/mol. The van der Waals surface area contributed by atoms with Crippen molar-refractivity contribution in [3.05, 3.63) is 28.8 Å². The minimum atomic E-state index is 0.241. The molecule has 0 saturated heterocycles. The Morgan fingerprint density at radius 1 is 1.60 bits per heavy atom. The Kier molecular flexibility index (Phi) is 2.89. The molecule has 1 aromatic rings. The Bertz CT molecular complexity index is 363. The van der Waals surface area contributed by atoms with Crippen LogP contribution in [0.2, 0.25) is 5.02 Å². The third-order valence-corrected chi connectivity index (χ3v) is 3.46. The molecule has 2 unspecified atom stereocenters. The molecule has 0 amide bonds. The summed E-state index contributed by atoms with van der Waals surface area (Å²) in [6.07, 6.45) is 2.04. The van der Waals surface area contributed by atoms with Crippen LogP contribution in [0.25, 0.3) is 0 Å². The highest BCUT2D eigenvalue weighted by Crippen LogP contribution is 2.36. The largest absolute Gasteiger partial charge is 0.371 e. The van der Waals surface area contributed by atoms with Crippen LogP contribution in [0.5, 0.6) is 0 Å². The Morgan fingerprint density at radius 3 is 2.93 bits per heavy atom. The number of benzene rings is 1. The number of anilines is 1. The van der Waals surface area contributed by atoms with Crippen molar-refractivity contribution in [3.63, 3.8) is 0 Å². The van der Waals surface area contributed by atoms with E-state index >= 15 is 0 Å². The van der Waals surface area contributed by atoms with Crippen molar-refractivity contribution in [2.45, 2.75) is 31.8 Å². The molecule has 0 spiro atoms. The molecule has 2 N–H and O–H groups in total. The lowest BCUT2D eigenvalue weighted by Crippen LogP contribution is -2.33. The average Bonchev–Trinajstić information content (AvgIpc) is 2.46. The fourth-order valence-electron chi connectivity index (χ4n) is 2.32. The zero-order valence-electron chi connectivity index (χ0n) is 9.20. The number of nitrogens with two attached hydrogens (primary N) is 1. The first-order valence-electron chi connectivity index (χ1n) is 5.35. The number of hydrogen-bond donors (Lipinski definition) is 1. The summed E-state index contributed by atoms with van der Waals surface area (Å²) in [7, 11) is 2.12. The highest BCUT2D eigenvalue weighted by molar-refractivity contribution is 6.31. The fourth-order valence-corrected chi connectivity index (χ4v) is 2.57. The number of nitrogens with zero attached hydrogens (tertiary/aromatic N) is 1. The fraction of sp³-hybridized carbons (Fsp3) is 0.500. The monoisotopic (exact) mass is 224 g/mol. The summed E-state index contributed by atoms with van der Waals surface area (Å²) in [5, 5.41) is 0.881. The Labute approximate surface area is 96.0 Å². The van der Waals surface area contributed by atoms with Crippen LogP contribution in [0, 0.1) is 0 Å². The van der Waals surface area contributed by atoms with Gasteiger partial charge in [0.25, 0.3) is 0 Å². The standard InChI is InChI=1S/C12H17ClN2/c1-8(14)6-9-7-10-11(13)4-3-5-12(10)15(9)2/h3-5,8-9H,6-7,14H2,1-2H3. The van der Waals surface area contributed by atoms with Gasteiger partial charge in [-0.1, -0.05) is 17.7 Å². The van der Waals surface area contributed by atoms with Gasteiger partial charge in [0.1, 0.15) is 0 Å². The van der Waals surface area contributed by atoms with Gasteiger partial charge in [-0.3, -0.25) is 0 Å². The summed E-state index contributed by atoms with van der Waals surface area (Å²) in [5.41, 5.74) is 8.38. The van der Waals surface area contributed by atoms with Crippen LogP contribution in [-0.4, -0.2) is 19.1 Å². The van der Waals surface area contributed by atoms with Gasteiger partial charge in [0.2, 0.25) is 0 Å². The van der Waals surface area contributed by atoms with E-state index in [4.69, 9.17) is 17.3 Å². The number of hydrogen-bond acceptors (Lipinski definition) is 2. The van der Waals surface area contributed by atoms with Gasteiger partial charge in [0.15, 0.2) is 0 Å². The van der Waals surface area contributed by atoms with E-state index in [0.717, 1.165) is 17.9 Å². The van der Waals surface area contributed by atoms with Crippen LogP contribution in [0.1, 0.15) is 18.9 Å². The molecule has 82 valence electrons. The summed E-state index contributed by atoms with van der Waals surface area (Å²) >= 11 is 6.18. The summed E-state index contributed by atoms with van der Waals surface area (Å²) in [6.45, 7) is 2.05. The Balaban J connectivity index is 2.25. The molecule has 0 bridgehead atoms. The molecular formula is C12H17ClN2. The molecule has 2 atom stereocenters. The summed E-state index contributed by atoms with van der Waals surface area (Å²) < 4.78 is 0. The Morgan fingerprint density at radius 2 is 2.33 bits per heavy atom. The van der Waals surface area contributed by atoms with Gasteiger partial charge in [0.05, 0.1) is 0 Å². The van der Waals surface area contributed by atoms with E-state index in [9.17, 15) is 0 Å². The maximum absolute atomic E-state index is 6.18. The van der Waals surface area contributed by atoms with Crippen molar-refractivity contribution in [1.29, 1.82) is 0 Å². The zero-order valence-corrected chi connectivity index (χ0v) is 9.96. The lowest BCUT2D eigenvalue weighted by atomic mass is 10.0. The molecule has 1 aliphatic rings. The van der Waals surface area contributed by atoms with E-state index in [-0.39, 0.29) is 6.04 Å². The molecular weight excluding hydrogens is 208 g/mol. The Hall–Kier alpha value is -0.730. The predicted octanol–water partition coefficient (Wildman–Crippen LogP) is 2.44. The van der Waals surface area contributed by atoms with Crippen molar-refractivity contribution in [2.24, 2.45) is 5.73 Å². The second-order valence-corrected chi connectivity index (χ2v) is 4.83. The van der Waals surface area contributed by atoms with E-state index in [0.29, 0.717) is 6.04 Å². The van der Waals surface area contributed by atoms with Crippen molar-refractivity contribution in [3.8, 4) is 0 Å². The maximum atomic E-state index is 6.18.